The van der Waals surface area contributed by atoms with Crippen LogP contribution in [-0.4, -0.2) is 60.7 Å². The highest BCUT2D eigenvalue weighted by Gasteiger charge is 2.24. The van der Waals surface area contributed by atoms with Crippen LogP contribution in [0.3, 0.4) is 0 Å². The minimum Gasteiger partial charge on any atom is -0.335 e. The lowest BCUT2D eigenvalue weighted by molar-refractivity contribution is -0.137. The van der Waals surface area contributed by atoms with Crippen molar-refractivity contribution in [2.24, 2.45) is 0 Å². The average Bonchev–Trinajstić information content (AvgIpc) is 2.73. The molecule has 160 valence electrons. The number of hydrogen-bond acceptors (Lipinski definition) is 4. The Morgan fingerprint density at radius 2 is 1.47 bits per heavy atom. The maximum atomic E-state index is 12.7. The van der Waals surface area contributed by atoms with Crippen LogP contribution in [-0.2, 0) is 20.8 Å². The number of para-hydroxylation sites is 2. The Kier molecular flexibility index (Phi) is 8.55. The second-order valence-corrected chi connectivity index (χ2v) is 7.26. The first kappa shape index (κ1) is 23.1. The number of carbonyl (C=O) groups is 3. The second-order valence-electron chi connectivity index (χ2n) is 7.26. The fourth-order valence-corrected chi connectivity index (χ4v) is 3.03. The average molecular weight is 411 g/mol. The van der Waals surface area contributed by atoms with Crippen LogP contribution in [0, 0.1) is 0 Å². The molecule has 0 saturated carbocycles. The molecule has 30 heavy (non-hydrogen) atoms. The first-order valence-corrected chi connectivity index (χ1v) is 9.99. The van der Waals surface area contributed by atoms with Gasteiger partial charge in [-0.1, -0.05) is 43.3 Å². The van der Waals surface area contributed by atoms with Crippen LogP contribution in [0.2, 0.25) is 0 Å². The summed E-state index contributed by atoms with van der Waals surface area (Å²) in [5, 5.41) is 5.66. The van der Waals surface area contributed by atoms with Crippen LogP contribution in [0.5, 0.6) is 0 Å². The van der Waals surface area contributed by atoms with E-state index < -0.39 is 6.04 Å². The van der Waals surface area contributed by atoms with Gasteiger partial charge in [-0.15, -0.1) is 0 Å². The minimum absolute atomic E-state index is 0.0612. The molecule has 1 unspecified atom stereocenters. The van der Waals surface area contributed by atoms with Gasteiger partial charge >= 0.3 is 0 Å². The van der Waals surface area contributed by atoms with Crippen LogP contribution in [0.1, 0.15) is 19.4 Å². The number of nitrogens with one attached hydrogen (secondary N) is 2. The zero-order valence-corrected chi connectivity index (χ0v) is 18.0. The first-order chi connectivity index (χ1) is 14.3. The monoisotopic (exact) mass is 410 g/mol. The van der Waals surface area contributed by atoms with Crippen LogP contribution < -0.4 is 10.6 Å². The molecule has 2 N–H and O–H groups in total. The summed E-state index contributed by atoms with van der Waals surface area (Å²) in [6, 6.07) is 16.2. The van der Waals surface area contributed by atoms with Gasteiger partial charge < -0.3 is 15.5 Å². The van der Waals surface area contributed by atoms with Crippen molar-refractivity contribution >= 4 is 29.1 Å². The van der Waals surface area contributed by atoms with Crippen molar-refractivity contribution in [2.75, 3.05) is 37.8 Å². The summed E-state index contributed by atoms with van der Waals surface area (Å²) < 4.78 is 0. The topological polar surface area (TPSA) is 81.8 Å². The van der Waals surface area contributed by atoms with Gasteiger partial charge in [0.05, 0.1) is 19.1 Å². The van der Waals surface area contributed by atoms with Gasteiger partial charge in [-0.3, -0.25) is 19.3 Å². The van der Waals surface area contributed by atoms with Gasteiger partial charge in [0.1, 0.15) is 0 Å². The highest BCUT2D eigenvalue weighted by Crippen LogP contribution is 2.15. The second kappa shape index (κ2) is 11.1. The smallest absolute Gasteiger partial charge is 0.243 e. The number of carbonyl (C=O) groups excluding carboxylic acids is 3. The molecule has 0 aliphatic rings. The predicted molar refractivity (Wildman–Crippen MR) is 119 cm³/mol. The Morgan fingerprint density at radius 3 is 2.13 bits per heavy atom. The Bertz CT molecular complexity index is 870. The third-order valence-electron chi connectivity index (χ3n) is 4.90. The van der Waals surface area contributed by atoms with Gasteiger partial charge in [-0.2, -0.15) is 0 Å². The molecule has 0 heterocycles. The summed E-state index contributed by atoms with van der Waals surface area (Å²) in [7, 11) is 3.29. The summed E-state index contributed by atoms with van der Waals surface area (Å²) in [6.45, 7) is 3.74. The van der Waals surface area contributed by atoms with E-state index in [1.165, 1.54) is 4.90 Å². The number of aryl methyl sites for hydroxylation is 1. The molecule has 2 rings (SSSR count). The Morgan fingerprint density at radius 1 is 0.867 bits per heavy atom. The predicted octanol–water partition coefficient (Wildman–Crippen LogP) is 2.60. The number of amides is 3. The molecule has 2 aromatic rings. The van der Waals surface area contributed by atoms with Gasteiger partial charge in [-0.05, 0) is 44.2 Å². The van der Waals surface area contributed by atoms with E-state index in [2.05, 4.69) is 10.6 Å². The molecular formula is C23H30N4O3. The molecule has 0 aromatic heterocycles. The van der Waals surface area contributed by atoms with Gasteiger partial charge in [0, 0.05) is 18.4 Å². The molecule has 0 fully saturated rings. The van der Waals surface area contributed by atoms with Gasteiger partial charge in [0.25, 0.3) is 0 Å². The summed E-state index contributed by atoms with van der Waals surface area (Å²) in [5.41, 5.74) is 2.50. The number of nitrogens with zero attached hydrogens (tertiary/aromatic N) is 2. The van der Waals surface area contributed by atoms with E-state index >= 15 is 0 Å². The van der Waals surface area contributed by atoms with Crippen molar-refractivity contribution in [3.8, 4) is 0 Å². The lowest BCUT2D eigenvalue weighted by Gasteiger charge is -2.27. The van der Waals surface area contributed by atoms with E-state index in [1.807, 2.05) is 49.4 Å². The van der Waals surface area contributed by atoms with Crippen molar-refractivity contribution in [2.45, 2.75) is 26.3 Å². The van der Waals surface area contributed by atoms with E-state index in [4.69, 9.17) is 0 Å². The summed E-state index contributed by atoms with van der Waals surface area (Å²) in [6.07, 6.45) is 0.804. The molecule has 0 spiro atoms. The Labute approximate surface area is 178 Å². The van der Waals surface area contributed by atoms with Gasteiger partial charge in [-0.25, -0.2) is 0 Å². The van der Waals surface area contributed by atoms with E-state index in [0.29, 0.717) is 5.69 Å². The van der Waals surface area contributed by atoms with Crippen molar-refractivity contribution in [3.05, 3.63) is 60.2 Å². The molecule has 3 amide bonds. The van der Waals surface area contributed by atoms with Crippen molar-refractivity contribution in [3.63, 3.8) is 0 Å². The summed E-state index contributed by atoms with van der Waals surface area (Å²) in [5.74, 6) is -0.702. The molecule has 0 aliphatic heterocycles. The molecule has 0 aliphatic carbocycles. The number of anilines is 2. The molecular weight excluding hydrogens is 380 g/mol. The fraction of sp³-hybridized carbons (Fsp3) is 0.348. The SMILES string of the molecule is CCc1ccccc1NC(=O)CN(C)C(=O)C(C)N(C)CC(=O)Nc1ccccc1. The summed E-state index contributed by atoms with van der Waals surface area (Å²) >= 11 is 0. The number of benzene rings is 2. The number of hydrogen-bond donors (Lipinski definition) is 2. The van der Waals surface area contributed by atoms with Crippen LogP contribution in [0.25, 0.3) is 0 Å². The van der Waals surface area contributed by atoms with Crippen molar-refractivity contribution in [1.29, 1.82) is 0 Å². The highest BCUT2D eigenvalue weighted by atomic mass is 16.2. The Balaban J connectivity index is 1.86. The molecule has 0 radical (unpaired) electrons. The van der Waals surface area contributed by atoms with Crippen LogP contribution >= 0.6 is 0 Å². The molecule has 1 atom stereocenters. The quantitative estimate of drug-likeness (QED) is 0.666. The lowest BCUT2D eigenvalue weighted by atomic mass is 10.1. The first-order valence-electron chi connectivity index (χ1n) is 9.99. The van der Waals surface area contributed by atoms with Gasteiger partial charge in [0.15, 0.2) is 0 Å². The van der Waals surface area contributed by atoms with E-state index in [-0.39, 0.29) is 30.8 Å². The maximum Gasteiger partial charge on any atom is 0.243 e. The van der Waals surface area contributed by atoms with Crippen molar-refractivity contribution in [1.82, 2.24) is 9.80 Å². The van der Waals surface area contributed by atoms with E-state index in [1.54, 1.807) is 38.1 Å². The van der Waals surface area contributed by atoms with E-state index in [9.17, 15) is 14.4 Å². The largest absolute Gasteiger partial charge is 0.335 e. The van der Waals surface area contributed by atoms with Crippen LogP contribution in [0.15, 0.2) is 54.6 Å². The van der Waals surface area contributed by atoms with Crippen LogP contribution in [0.4, 0.5) is 11.4 Å². The molecule has 0 bridgehead atoms. The molecule has 0 saturated heterocycles. The third-order valence-corrected chi connectivity index (χ3v) is 4.90. The van der Waals surface area contributed by atoms with Crippen molar-refractivity contribution < 1.29 is 14.4 Å². The van der Waals surface area contributed by atoms with E-state index in [0.717, 1.165) is 17.7 Å². The molecule has 2 aromatic carbocycles. The zero-order chi connectivity index (χ0) is 22.1. The molecule has 7 nitrogen and oxygen atoms in total. The standard InChI is InChI=1S/C23H30N4O3/c1-5-18-11-9-10-14-20(18)25-22(29)16-27(4)23(30)17(2)26(3)15-21(28)24-19-12-7-6-8-13-19/h6-14,17H,5,15-16H2,1-4H3,(H,24,28)(H,25,29). The number of likely N-dealkylation sites (N-methyl/N-ethyl adjacent to an activating group) is 2. The molecule has 7 heteroatoms. The third kappa shape index (κ3) is 6.70. The normalized spacial score (nSPS) is 11.6. The Hall–Kier alpha value is -3.19. The lowest BCUT2D eigenvalue weighted by Crippen LogP contribution is -2.48. The number of rotatable bonds is 9. The highest BCUT2D eigenvalue weighted by molar-refractivity contribution is 5.96. The zero-order valence-electron chi connectivity index (χ0n) is 18.0. The minimum atomic E-state index is -0.549. The summed E-state index contributed by atoms with van der Waals surface area (Å²) in [4.78, 5) is 40.3. The van der Waals surface area contributed by atoms with Gasteiger partial charge in [0.2, 0.25) is 17.7 Å². The fourth-order valence-electron chi connectivity index (χ4n) is 3.03. The maximum absolute atomic E-state index is 12.7.